The van der Waals surface area contributed by atoms with E-state index in [-0.39, 0.29) is 23.7 Å². The van der Waals surface area contributed by atoms with Gasteiger partial charge in [-0.25, -0.2) is 4.79 Å². The molecule has 0 bridgehead atoms. The van der Waals surface area contributed by atoms with Crippen LogP contribution in [0.5, 0.6) is 0 Å². The van der Waals surface area contributed by atoms with E-state index >= 15 is 0 Å². The van der Waals surface area contributed by atoms with Crippen molar-refractivity contribution in [3.8, 4) is 0 Å². The summed E-state index contributed by atoms with van der Waals surface area (Å²) in [4.78, 5) is 34.2. The van der Waals surface area contributed by atoms with Gasteiger partial charge in [0, 0.05) is 24.0 Å². The van der Waals surface area contributed by atoms with E-state index < -0.39 is 5.97 Å². The topological polar surface area (TPSA) is 71.4 Å². The number of carbonyl (C=O) groups is 2. The number of rotatable bonds is 10. The van der Waals surface area contributed by atoms with Gasteiger partial charge in [0.25, 0.3) is 5.91 Å². The van der Waals surface area contributed by atoms with Crippen LogP contribution in [0.2, 0.25) is 0 Å². The van der Waals surface area contributed by atoms with Crippen molar-refractivity contribution in [1.29, 1.82) is 0 Å². The maximum Gasteiger partial charge on any atom is 0.340 e. The zero-order valence-electron chi connectivity index (χ0n) is 22.0. The third kappa shape index (κ3) is 6.29. The average molecular weight is 512 g/mol. The summed E-state index contributed by atoms with van der Waals surface area (Å²) < 4.78 is 11.4. The number of anilines is 2. The summed E-state index contributed by atoms with van der Waals surface area (Å²) in [6.07, 6.45) is 3.49. The zero-order valence-corrected chi connectivity index (χ0v) is 22.0. The Bertz CT molecular complexity index is 1260. The molecule has 1 heterocycles. The highest BCUT2D eigenvalue weighted by Gasteiger charge is 2.37. The van der Waals surface area contributed by atoms with Gasteiger partial charge in [0.1, 0.15) is 0 Å². The van der Waals surface area contributed by atoms with Gasteiger partial charge in [0.2, 0.25) is 0 Å². The monoisotopic (exact) mass is 511 g/mol. The molecule has 196 valence electrons. The Hall–Kier alpha value is -4.39. The van der Waals surface area contributed by atoms with Crippen molar-refractivity contribution >= 4 is 35.0 Å². The lowest BCUT2D eigenvalue weighted by Gasteiger charge is -2.23. The number of esters is 1. The molecule has 0 radical (unpaired) electrons. The minimum absolute atomic E-state index is 0.135. The highest BCUT2D eigenvalue weighted by atomic mass is 16.5. The third-order valence-corrected chi connectivity index (χ3v) is 6.02. The predicted octanol–water partition coefficient (Wildman–Crippen LogP) is 6.62. The molecule has 0 saturated carbocycles. The van der Waals surface area contributed by atoms with Crippen molar-refractivity contribution in [2.24, 2.45) is 4.99 Å². The second kappa shape index (κ2) is 12.7. The van der Waals surface area contributed by atoms with Gasteiger partial charge in [-0.1, -0.05) is 61.9 Å². The minimum atomic E-state index is -0.448. The van der Waals surface area contributed by atoms with Crippen LogP contribution in [0.25, 0.3) is 0 Å². The van der Waals surface area contributed by atoms with Crippen LogP contribution >= 0.6 is 0 Å². The Kier molecular flexibility index (Phi) is 8.93. The van der Waals surface area contributed by atoms with Gasteiger partial charge >= 0.3 is 12.0 Å². The number of amides is 1. The van der Waals surface area contributed by atoms with Crippen LogP contribution < -0.4 is 4.90 Å². The summed E-state index contributed by atoms with van der Waals surface area (Å²) in [7, 11) is 0. The Labute approximate surface area is 224 Å². The smallest absolute Gasteiger partial charge is 0.340 e. The summed E-state index contributed by atoms with van der Waals surface area (Å²) >= 11 is 0. The first kappa shape index (κ1) is 26.7. The van der Waals surface area contributed by atoms with Gasteiger partial charge in [-0.15, -0.1) is 0 Å². The summed E-state index contributed by atoms with van der Waals surface area (Å²) in [5.74, 6) is -0.531. The Morgan fingerprint density at radius 2 is 1.58 bits per heavy atom. The number of hydrogen-bond donors (Lipinski definition) is 0. The first-order valence-corrected chi connectivity index (χ1v) is 12.9. The number of benzene rings is 3. The molecule has 0 spiro atoms. The van der Waals surface area contributed by atoms with Crippen molar-refractivity contribution in [3.05, 3.63) is 102 Å². The van der Waals surface area contributed by atoms with E-state index in [2.05, 4.69) is 9.89 Å². The molecule has 3 aromatic carbocycles. The molecule has 0 unspecified atom stereocenters. The van der Waals surface area contributed by atoms with Gasteiger partial charge in [-0.05, 0) is 62.7 Å². The number of para-hydroxylation sites is 3. The summed E-state index contributed by atoms with van der Waals surface area (Å²) in [5, 5.41) is 0. The van der Waals surface area contributed by atoms with Crippen LogP contribution in [-0.2, 0) is 14.3 Å². The van der Waals surface area contributed by atoms with Crippen molar-refractivity contribution in [2.75, 3.05) is 18.1 Å². The molecule has 7 nitrogen and oxygen atoms in total. The Morgan fingerprint density at radius 3 is 2.18 bits per heavy atom. The normalized spacial score (nSPS) is 15.3. The van der Waals surface area contributed by atoms with Crippen molar-refractivity contribution in [1.82, 2.24) is 4.90 Å². The summed E-state index contributed by atoms with van der Waals surface area (Å²) in [6, 6.07) is 26.8. The molecule has 7 heteroatoms. The highest BCUT2D eigenvalue weighted by Crippen LogP contribution is 2.28. The van der Waals surface area contributed by atoms with Crippen LogP contribution in [0.4, 0.5) is 17.1 Å². The fourth-order valence-electron chi connectivity index (χ4n) is 4.04. The summed E-state index contributed by atoms with van der Waals surface area (Å²) in [6.45, 7) is 6.58. The van der Waals surface area contributed by atoms with Crippen molar-refractivity contribution in [3.63, 3.8) is 0 Å². The molecule has 1 aliphatic rings. The zero-order chi connectivity index (χ0) is 26.9. The molecule has 0 aromatic heterocycles. The van der Waals surface area contributed by atoms with E-state index in [9.17, 15) is 9.59 Å². The lowest BCUT2D eigenvalue weighted by atomic mass is 10.2. The van der Waals surface area contributed by atoms with Crippen LogP contribution in [0, 0.1) is 0 Å². The molecule has 3 aromatic rings. The number of unbranched alkanes of at least 4 members (excludes halogenated alkanes) is 1. The molecular formula is C31H33N3O4. The fourth-order valence-corrected chi connectivity index (χ4v) is 4.04. The SMILES string of the molecule is CCCCOC(=O)c1ccccc1N=C1O/C(=C/CN(c2ccccc2)c2ccccc2)C(=O)N1C(C)C. The maximum absolute atomic E-state index is 13.4. The molecule has 0 N–H and O–H groups in total. The third-order valence-electron chi connectivity index (χ3n) is 6.02. The first-order chi connectivity index (χ1) is 18.5. The van der Waals surface area contributed by atoms with Crippen molar-refractivity contribution < 1.29 is 19.1 Å². The van der Waals surface area contributed by atoms with Crippen LogP contribution in [0.1, 0.15) is 44.0 Å². The van der Waals surface area contributed by atoms with E-state index in [0.717, 1.165) is 24.2 Å². The first-order valence-electron chi connectivity index (χ1n) is 12.9. The van der Waals surface area contributed by atoms with E-state index in [0.29, 0.717) is 24.4 Å². The number of hydrogen-bond acceptors (Lipinski definition) is 6. The molecule has 4 rings (SSSR count). The van der Waals surface area contributed by atoms with Gasteiger partial charge in [-0.3, -0.25) is 9.69 Å². The van der Waals surface area contributed by atoms with E-state index in [1.165, 1.54) is 4.90 Å². The number of nitrogens with zero attached hydrogens (tertiary/aromatic N) is 3. The molecule has 38 heavy (non-hydrogen) atoms. The Balaban J connectivity index is 1.63. The number of amidine groups is 1. The maximum atomic E-state index is 13.4. The average Bonchev–Trinajstić information content (AvgIpc) is 3.25. The number of carbonyl (C=O) groups excluding carboxylic acids is 2. The largest absolute Gasteiger partial charge is 0.462 e. The van der Waals surface area contributed by atoms with E-state index in [1.54, 1.807) is 30.3 Å². The van der Waals surface area contributed by atoms with E-state index in [4.69, 9.17) is 9.47 Å². The van der Waals surface area contributed by atoms with E-state index in [1.807, 2.05) is 81.4 Å². The summed E-state index contributed by atoms with van der Waals surface area (Å²) in [5.41, 5.74) is 2.70. The molecule has 1 aliphatic heterocycles. The highest BCUT2D eigenvalue weighted by molar-refractivity contribution is 6.10. The van der Waals surface area contributed by atoms with Crippen LogP contribution in [-0.4, -0.2) is 42.0 Å². The molecule has 1 saturated heterocycles. The van der Waals surface area contributed by atoms with Gasteiger partial charge in [0.05, 0.1) is 17.9 Å². The number of ether oxygens (including phenoxy) is 2. The molecule has 1 fully saturated rings. The van der Waals surface area contributed by atoms with Crippen LogP contribution in [0.15, 0.2) is 102 Å². The second-order valence-electron chi connectivity index (χ2n) is 9.12. The minimum Gasteiger partial charge on any atom is -0.462 e. The molecular weight excluding hydrogens is 478 g/mol. The second-order valence-corrected chi connectivity index (χ2v) is 9.12. The predicted molar refractivity (Wildman–Crippen MR) is 150 cm³/mol. The standard InChI is InChI=1S/C31H33N3O4/c1-4-5-22-37-30(36)26-18-12-13-19-27(26)32-31-34(23(2)3)29(35)28(38-31)20-21-33(24-14-8-6-9-15-24)25-16-10-7-11-17-25/h6-20,23H,4-5,21-22H2,1-3H3/b28-20+,32-31?. The van der Waals surface area contributed by atoms with Gasteiger partial charge in [-0.2, -0.15) is 4.99 Å². The molecule has 0 aliphatic carbocycles. The number of aliphatic imine (C=N–C) groups is 1. The molecule has 0 atom stereocenters. The molecule has 1 amide bonds. The Morgan fingerprint density at radius 1 is 0.974 bits per heavy atom. The van der Waals surface area contributed by atoms with Gasteiger partial charge in [0.15, 0.2) is 5.76 Å². The van der Waals surface area contributed by atoms with Crippen molar-refractivity contribution in [2.45, 2.75) is 39.7 Å². The lowest BCUT2D eigenvalue weighted by molar-refractivity contribution is -0.124. The van der Waals surface area contributed by atoms with Crippen LogP contribution in [0.3, 0.4) is 0 Å². The van der Waals surface area contributed by atoms with Gasteiger partial charge < -0.3 is 14.4 Å². The fraction of sp³-hybridized carbons (Fsp3) is 0.258. The lowest BCUT2D eigenvalue weighted by Crippen LogP contribution is -2.36. The quantitative estimate of drug-likeness (QED) is 0.174.